The Morgan fingerprint density at radius 1 is 1.29 bits per heavy atom. The van der Waals surface area contributed by atoms with Crippen LogP contribution in [0.25, 0.3) is 11.1 Å². The summed E-state index contributed by atoms with van der Waals surface area (Å²) in [4.78, 5) is 29.0. The molecular weight excluding hydrogens is 410 g/mol. The van der Waals surface area contributed by atoms with Gasteiger partial charge in [-0.25, -0.2) is 0 Å². The molecule has 170 valence electrons. The van der Waals surface area contributed by atoms with Crippen molar-refractivity contribution in [2.45, 2.75) is 77.4 Å². The highest BCUT2D eigenvalue weighted by molar-refractivity contribution is 7.99. The summed E-state index contributed by atoms with van der Waals surface area (Å²) in [5.74, 6) is 2.75. The maximum Gasteiger partial charge on any atom is 0.271 e. The molecule has 0 bridgehead atoms. The van der Waals surface area contributed by atoms with Crippen molar-refractivity contribution in [2.24, 2.45) is 5.92 Å². The quantitative estimate of drug-likeness (QED) is 0.599. The van der Waals surface area contributed by atoms with Gasteiger partial charge >= 0.3 is 0 Å². The average Bonchev–Trinajstić information content (AvgIpc) is 3.34. The van der Waals surface area contributed by atoms with E-state index in [1.807, 2.05) is 40.3 Å². The van der Waals surface area contributed by atoms with Crippen LogP contribution < -0.4 is 5.32 Å². The van der Waals surface area contributed by atoms with Gasteiger partial charge < -0.3 is 19.2 Å². The second kappa shape index (κ2) is 9.31. The maximum atomic E-state index is 13.6. The largest absolute Gasteiger partial charge is 0.463 e. The summed E-state index contributed by atoms with van der Waals surface area (Å²) in [5.41, 5.74) is 1.29. The number of rotatable bonds is 8. The van der Waals surface area contributed by atoms with Gasteiger partial charge in [0, 0.05) is 24.7 Å². The molecule has 31 heavy (non-hydrogen) atoms. The zero-order valence-electron chi connectivity index (χ0n) is 19.0. The van der Waals surface area contributed by atoms with Crippen molar-refractivity contribution in [1.29, 1.82) is 0 Å². The van der Waals surface area contributed by atoms with Crippen LogP contribution in [0.15, 0.2) is 22.8 Å². The molecule has 0 spiro atoms. The molecular formula is C24H35N3O3S. The Morgan fingerprint density at radius 2 is 2.06 bits per heavy atom. The minimum absolute atomic E-state index is 0.0300. The Balaban J connectivity index is 1.57. The molecule has 1 saturated carbocycles. The van der Waals surface area contributed by atoms with Gasteiger partial charge in [-0.1, -0.05) is 13.8 Å². The van der Waals surface area contributed by atoms with Crippen LogP contribution in [-0.4, -0.2) is 50.9 Å². The van der Waals surface area contributed by atoms with E-state index < -0.39 is 5.54 Å². The summed E-state index contributed by atoms with van der Waals surface area (Å²) in [5, 5.41) is 3.30. The zero-order valence-corrected chi connectivity index (χ0v) is 19.8. The number of aromatic nitrogens is 1. The zero-order chi connectivity index (χ0) is 22.0. The van der Waals surface area contributed by atoms with E-state index in [9.17, 15) is 9.59 Å². The van der Waals surface area contributed by atoms with Crippen LogP contribution in [0.4, 0.5) is 0 Å². The van der Waals surface area contributed by atoms with Crippen molar-refractivity contribution in [2.75, 3.05) is 18.1 Å². The third-order valence-electron chi connectivity index (χ3n) is 6.91. The number of fused-ring (bicyclic) bond motifs is 3. The third-order valence-corrected chi connectivity index (χ3v) is 8.18. The molecule has 2 amide bonds. The predicted molar refractivity (Wildman–Crippen MR) is 125 cm³/mol. The molecule has 2 aliphatic rings. The molecule has 4 rings (SSSR count). The van der Waals surface area contributed by atoms with Gasteiger partial charge in [-0.2, -0.15) is 11.8 Å². The number of carbonyl (C=O) groups is 2. The van der Waals surface area contributed by atoms with E-state index in [1.165, 1.54) is 0 Å². The molecule has 1 N–H and O–H groups in total. The molecule has 2 aromatic rings. The number of amides is 2. The van der Waals surface area contributed by atoms with Crippen LogP contribution in [0.5, 0.6) is 0 Å². The molecule has 0 saturated heterocycles. The molecule has 0 aromatic carbocycles. The van der Waals surface area contributed by atoms with Gasteiger partial charge in [0.15, 0.2) is 5.58 Å². The lowest BCUT2D eigenvalue weighted by Gasteiger charge is -2.45. The number of nitrogens with one attached hydrogen (secondary N) is 1. The first-order valence-corrected chi connectivity index (χ1v) is 12.9. The standard InChI is InChI=1S/C24H35N3O3S/c1-4-13-31-14-5-11-27-22(28)20-15-21-19(10-12-30-21)26(20)16-24(27,3)23(29)25-18-8-6-17(2)7-9-18/h10,12,15,17-18H,4-9,11,13-14,16H2,1-3H3,(H,25,29). The van der Waals surface area contributed by atoms with Crippen LogP contribution in [0.2, 0.25) is 0 Å². The van der Waals surface area contributed by atoms with Gasteiger partial charge in [-0.3, -0.25) is 9.59 Å². The molecule has 1 unspecified atom stereocenters. The number of nitrogens with zero attached hydrogens (tertiary/aromatic N) is 2. The minimum Gasteiger partial charge on any atom is -0.463 e. The van der Waals surface area contributed by atoms with E-state index in [1.54, 1.807) is 6.26 Å². The van der Waals surface area contributed by atoms with Crippen LogP contribution in [0.1, 0.15) is 69.8 Å². The van der Waals surface area contributed by atoms with Gasteiger partial charge in [0.1, 0.15) is 11.2 Å². The van der Waals surface area contributed by atoms with Crippen molar-refractivity contribution >= 4 is 34.7 Å². The molecule has 7 heteroatoms. The number of hydrogen-bond acceptors (Lipinski definition) is 4. The smallest absolute Gasteiger partial charge is 0.271 e. The summed E-state index contributed by atoms with van der Waals surface area (Å²) in [6.45, 7) is 7.43. The monoisotopic (exact) mass is 445 g/mol. The van der Waals surface area contributed by atoms with Gasteiger partial charge in [0.05, 0.1) is 18.3 Å². The first-order valence-electron chi connectivity index (χ1n) is 11.7. The van der Waals surface area contributed by atoms with Gasteiger partial charge in [-0.05, 0) is 62.9 Å². The Bertz CT molecular complexity index is 928. The number of carbonyl (C=O) groups excluding carboxylic acids is 2. The molecule has 0 radical (unpaired) electrons. The van der Waals surface area contributed by atoms with E-state index in [4.69, 9.17) is 4.42 Å². The van der Waals surface area contributed by atoms with E-state index in [0.29, 0.717) is 24.4 Å². The summed E-state index contributed by atoms with van der Waals surface area (Å²) < 4.78 is 7.51. The van der Waals surface area contributed by atoms with Gasteiger partial charge in [0.2, 0.25) is 5.91 Å². The summed E-state index contributed by atoms with van der Waals surface area (Å²) in [6, 6.07) is 3.90. The first kappa shape index (κ1) is 22.3. The summed E-state index contributed by atoms with van der Waals surface area (Å²) >= 11 is 1.91. The second-order valence-electron chi connectivity index (χ2n) is 9.41. The molecule has 1 aliphatic heterocycles. The number of thioether (sulfide) groups is 1. The fraction of sp³-hybridized carbons (Fsp3) is 0.667. The topological polar surface area (TPSA) is 67.5 Å². The van der Waals surface area contributed by atoms with E-state index in [2.05, 4.69) is 19.2 Å². The predicted octanol–water partition coefficient (Wildman–Crippen LogP) is 4.68. The fourth-order valence-corrected chi connectivity index (χ4v) is 5.77. The molecule has 1 aliphatic carbocycles. The van der Waals surface area contributed by atoms with E-state index in [-0.39, 0.29) is 17.9 Å². The lowest BCUT2D eigenvalue weighted by molar-refractivity contribution is -0.133. The third kappa shape index (κ3) is 4.38. The lowest BCUT2D eigenvalue weighted by atomic mass is 9.86. The van der Waals surface area contributed by atoms with Crippen LogP contribution >= 0.6 is 11.8 Å². The number of furan rings is 1. The Morgan fingerprint density at radius 3 is 2.81 bits per heavy atom. The normalized spacial score (nSPS) is 26.3. The van der Waals surface area contributed by atoms with Crippen molar-refractivity contribution in [3.8, 4) is 0 Å². The summed E-state index contributed by atoms with van der Waals surface area (Å²) in [7, 11) is 0. The van der Waals surface area contributed by atoms with Crippen LogP contribution in [-0.2, 0) is 11.3 Å². The Labute approximate surface area is 189 Å². The van der Waals surface area contributed by atoms with Crippen molar-refractivity contribution < 1.29 is 14.0 Å². The van der Waals surface area contributed by atoms with Gasteiger partial charge in [-0.15, -0.1) is 0 Å². The highest BCUT2D eigenvalue weighted by Crippen LogP contribution is 2.33. The highest BCUT2D eigenvalue weighted by atomic mass is 32.2. The minimum atomic E-state index is -0.911. The van der Waals surface area contributed by atoms with Crippen LogP contribution in [0, 0.1) is 5.92 Å². The molecule has 6 nitrogen and oxygen atoms in total. The Hall–Kier alpha value is -1.89. The van der Waals surface area contributed by atoms with Crippen LogP contribution in [0.3, 0.4) is 0 Å². The van der Waals surface area contributed by atoms with Crippen molar-refractivity contribution in [3.05, 3.63) is 24.1 Å². The van der Waals surface area contributed by atoms with E-state index in [0.717, 1.165) is 61.5 Å². The molecule has 2 aromatic heterocycles. The highest BCUT2D eigenvalue weighted by Gasteiger charge is 2.48. The summed E-state index contributed by atoms with van der Waals surface area (Å²) in [6.07, 6.45) is 8.01. The number of hydrogen-bond donors (Lipinski definition) is 1. The van der Waals surface area contributed by atoms with Gasteiger partial charge in [0.25, 0.3) is 5.91 Å². The SMILES string of the molecule is CCCSCCCN1C(=O)c2cc3occc3n2CC1(C)C(=O)NC1CCC(C)CC1. The van der Waals surface area contributed by atoms with E-state index >= 15 is 0 Å². The Kier molecular flexibility index (Phi) is 6.70. The second-order valence-corrected chi connectivity index (χ2v) is 10.6. The molecule has 3 heterocycles. The fourth-order valence-electron chi connectivity index (χ4n) is 4.94. The van der Waals surface area contributed by atoms with Crippen molar-refractivity contribution in [1.82, 2.24) is 14.8 Å². The average molecular weight is 446 g/mol. The van der Waals surface area contributed by atoms with Crippen molar-refractivity contribution in [3.63, 3.8) is 0 Å². The first-order chi connectivity index (χ1) is 14.9. The maximum absolute atomic E-state index is 13.6. The lowest BCUT2D eigenvalue weighted by Crippen LogP contribution is -2.65. The molecule has 1 fully saturated rings. The molecule has 1 atom stereocenters.